The van der Waals surface area contributed by atoms with E-state index in [9.17, 15) is 9.59 Å². The molecule has 0 aliphatic carbocycles. The van der Waals surface area contributed by atoms with Crippen LogP contribution in [0.5, 0.6) is 0 Å². The first kappa shape index (κ1) is 23.1. The van der Waals surface area contributed by atoms with Crippen LogP contribution < -0.4 is 0 Å². The van der Waals surface area contributed by atoms with Gasteiger partial charge in [0.15, 0.2) is 0 Å². The van der Waals surface area contributed by atoms with Crippen LogP contribution in [-0.2, 0) is 4.74 Å². The molecule has 0 aliphatic heterocycles. The second-order valence-corrected chi connectivity index (χ2v) is 0.916. The van der Waals surface area contributed by atoms with Crippen LogP contribution >= 0.6 is 0 Å². The molecule has 0 saturated carbocycles. The van der Waals surface area contributed by atoms with Crippen LogP contribution in [-0.4, -0.2) is 98.0 Å². The number of hydrogen-bond acceptors (Lipinski definition) is 4. The number of rotatable bonds is 0. The van der Waals surface area contributed by atoms with E-state index in [1.807, 2.05) is 0 Å². The van der Waals surface area contributed by atoms with Crippen LogP contribution in [0.3, 0.4) is 0 Å². The maximum atomic E-state index is 9.21. The van der Waals surface area contributed by atoms with E-state index in [-0.39, 0.29) is 59.1 Å². The van der Waals surface area contributed by atoms with E-state index in [0.717, 1.165) is 0 Å². The van der Waals surface area contributed by atoms with Crippen molar-refractivity contribution in [1.29, 1.82) is 0 Å². The average molecular weight is 216 g/mol. The van der Waals surface area contributed by atoms with Crippen molar-refractivity contribution in [1.82, 2.24) is 0 Å². The molecular weight excluding hydrogens is 210 g/mol. The van der Waals surface area contributed by atoms with E-state index in [2.05, 4.69) is 4.74 Å². The maximum absolute atomic E-state index is 9.21. The number of hydrogen-bond donors (Lipinski definition) is 4. The molecule has 8 nitrogen and oxygen atoms in total. The van der Waals surface area contributed by atoms with Crippen molar-refractivity contribution in [3.63, 3.8) is 0 Å². The summed E-state index contributed by atoms with van der Waals surface area (Å²) < 4.78 is 3.08. The van der Waals surface area contributed by atoms with Gasteiger partial charge in [0.1, 0.15) is 0 Å². The van der Waals surface area contributed by atoms with Gasteiger partial charge >= 0.3 is 77.6 Å². The van der Waals surface area contributed by atoms with E-state index in [0.29, 0.717) is 0 Å². The Morgan fingerprint density at radius 2 is 0.923 bits per heavy atom. The van der Waals surface area contributed by atoms with Gasteiger partial charge in [0.25, 0.3) is 0 Å². The van der Waals surface area contributed by atoms with Crippen molar-refractivity contribution >= 4 is 77.6 Å². The topological polar surface area (TPSA) is 141 Å². The van der Waals surface area contributed by atoms with E-state index in [4.69, 9.17) is 25.2 Å². The fraction of sp³-hybridized carbons (Fsp3) is 0. The predicted octanol–water partition coefficient (Wildman–Crippen LogP) is -0.716. The fourth-order valence-electron chi connectivity index (χ4n) is 0.0747. The van der Waals surface area contributed by atoms with Crippen LogP contribution in [0.25, 0.3) is 0 Å². The van der Waals surface area contributed by atoms with Crippen molar-refractivity contribution in [3.05, 3.63) is 0 Å². The molecule has 0 fully saturated rings. The zero-order valence-electron chi connectivity index (χ0n) is 4.92. The van der Waals surface area contributed by atoms with Crippen LogP contribution in [0.15, 0.2) is 0 Å². The molecule has 0 aliphatic rings. The first-order chi connectivity index (χ1) is 4.86. The summed E-state index contributed by atoms with van der Waals surface area (Å²) in [5, 5.41) is 28.9. The zero-order valence-corrected chi connectivity index (χ0v) is 4.92. The SMILES string of the molecule is O=C(O)O.O=C(O)OC(=O)O.[NaH].[NaH]. The van der Waals surface area contributed by atoms with Gasteiger partial charge in [-0.05, 0) is 0 Å². The monoisotopic (exact) mass is 216 g/mol. The van der Waals surface area contributed by atoms with Gasteiger partial charge in [-0.25, -0.2) is 14.4 Å². The Morgan fingerprint density at radius 1 is 0.769 bits per heavy atom. The van der Waals surface area contributed by atoms with Crippen molar-refractivity contribution in [2.75, 3.05) is 0 Å². The summed E-state index contributed by atoms with van der Waals surface area (Å²) in [5.41, 5.74) is 0. The summed E-state index contributed by atoms with van der Waals surface area (Å²) in [7, 11) is 0. The quantitative estimate of drug-likeness (QED) is 0.236. The van der Waals surface area contributed by atoms with Gasteiger partial charge in [-0.2, -0.15) is 0 Å². The Morgan fingerprint density at radius 3 is 0.923 bits per heavy atom. The van der Waals surface area contributed by atoms with E-state index in [1.165, 1.54) is 0 Å². The van der Waals surface area contributed by atoms with Gasteiger partial charge in [-0.3, -0.25) is 0 Å². The molecule has 0 rings (SSSR count). The van der Waals surface area contributed by atoms with Gasteiger partial charge in [0, 0.05) is 0 Å². The number of carbonyl (C=O) groups is 3. The molecule has 4 N–H and O–H groups in total. The molecule has 10 heteroatoms. The molecule has 13 heavy (non-hydrogen) atoms. The molecular formula is C3H6Na2O8. The first-order valence-corrected chi connectivity index (χ1v) is 1.92. The molecule has 0 saturated heterocycles. The Kier molecular flexibility index (Phi) is 25.8. The zero-order chi connectivity index (χ0) is 9.44. The van der Waals surface area contributed by atoms with Gasteiger partial charge in [0.05, 0.1) is 0 Å². The van der Waals surface area contributed by atoms with E-state index in [1.54, 1.807) is 0 Å². The summed E-state index contributed by atoms with van der Waals surface area (Å²) in [6.07, 6.45) is -5.46. The molecule has 0 atom stereocenters. The molecule has 0 aromatic carbocycles. The normalized spacial score (nSPS) is 5.85. The number of carboxylic acid groups (broad SMARTS) is 4. The second kappa shape index (κ2) is 14.5. The third-order valence-corrected chi connectivity index (χ3v) is 0.175. The van der Waals surface area contributed by atoms with E-state index < -0.39 is 18.5 Å². The van der Waals surface area contributed by atoms with Gasteiger partial charge in [-0.1, -0.05) is 0 Å². The molecule has 0 bridgehead atoms. The molecule has 0 unspecified atom stereocenters. The van der Waals surface area contributed by atoms with Gasteiger partial charge in [0.2, 0.25) is 0 Å². The van der Waals surface area contributed by atoms with Crippen LogP contribution in [0, 0.1) is 0 Å². The Hall–Kier alpha value is 0.0100. The Balaban J connectivity index is -0.0000000600. The Labute approximate surface area is 116 Å². The second-order valence-electron chi connectivity index (χ2n) is 0.916. The summed E-state index contributed by atoms with van der Waals surface area (Å²) in [6, 6.07) is 0. The molecule has 0 radical (unpaired) electrons. The third kappa shape index (κ3) is 74.8. The molecule has 0 spiro atoms. The molecule has 0 aromatic heterocycles. The minimum absolute atomic E-state index is 0. The van der Waals surface area contributed by atoms with Gasteiger partial charge in [-0.15, -0.1) is 0 Å². The first-order valence-electron chi connectivity index (χ1n) is 1.92. The van der Waals surface area contributed by atoms with Crippen molar-refractivity contribution in [3.8, 4) is 0 Å². The standard InChI is InChI=1S/C2H2O5.CH2O3.2Na.2H/c3-1(4)7-2(5)6;2-1(3)4;;;;/h(H,3,4)(H,5,6);(H2,2,3,4);;;;. The van der Waals surface area contributed by atoms with Crippen LogP contribution in [0.1, 0.15) is 0 Å². The third-order valence-electron chi connectivity index (χ3n) is 0.175. The Bertz CT molecular complexity index is 151. The van der Waals surface area contributed by atoms with Crippen LogP contribution in [0.2, 0.25) is 0 Å². The molecule has 68 valence electrons. The van der Waals surface area contributed by atoms with Crippen molar-refractivity contribution in [2.45, 2.75) is 0 Å². The molecule has 0 heterocycles. The minimum atomic E-state index is -1.83. The molecule has 0 amide bonds. The van der Waals surface area contributed by atoms with Crippen LogP contribution in [0.4, 0.5) is 14.4 Å². The average Bonchev–Trinajstić information content (AvgIpc) is 1.56. The van der Waals surface area contributed by atoms with E-state index >= 15 is 0 Å². The van der Waals surface area contributed by atoms with Crippen molar-refractivity contribution < 1.29 is 39.5 Å². The summed E-state index contributed by atoms with van der Waals surface area (Å²) in [5.74, 6) is 0. The summed E-state index contributed by atoms with van der Waals surface area (Å²) in [6.45, 7) is 0. The number of ether oxygens (including phenoxy) is 1. The van der Waals surface area contributed by atoms with Gasteiger partial charge < -0.3 is 25.2 Å². The molecule has 0 aromatic rings. The summed E-state index contributed by atoms with van der Waals surface area (Å²) in [4.78, 5) is 27.0. The predicted molar refractivity (Wildman–Crippen MR) is 42.1 cm³/mol. The fourth-order valence-corrected chi connectivity index (χ4v) is 0.0747. The summed E-state index contributed by atoms with van der Waals surface area (Å²) >= 11 is 0. The van der Waals surface area contributed by atoms with Crippen molar-refractivity contribution in [2.24, 2.45) is 0 Å².